The first-order chi connectivity index (χ1) is 24.5. The van der Waals surface area contributed by atoms with Gasteiger partial charge in [0.2, 0.25) is 5.91 Å². The number of azide groups is 1. The fraction of sp³-hybridized carbons (Fsp3) is 0.485. The summed E-state index contributed by atoms with van der Waals surface area (Å²) in [4.78, 5) is 50.1. The molecule has 3 aromatic rings. The van der Waals surface area contributed by atoms with Crippen molar-refractivity contribution in [2.75, 3.05) is 87.0 Å². The van der Waals surface area contributed by atoms with E-state index in [1.54, 1.807) is 43.3 Å². The van der Waals surface area contributed by atoms with Crippen LogP contribution in [0.15, 0.2) is 52.8 Å². The van der Waals surface area contributed by atoms with Crippen molar-refractivity contribution in [3.05, 3.63) is 84.8 Å². The van der Waals surface area contributed by atoms with Gasteiger partial charge in [0.15, 0.2) is 5.75 Å². The number of ether oxygens (including phenoxy) is 4. The number of carbonyl (C=O) groups is 2. The number of hydrogen-bond acceptors (Lipinski definition) is 11. The number of pyridine rings is 1. The summed E-state index contributed by atoms with van der Waals surface area (Å²) >= 11 is 12.4. The summed E-state index contributed by atoms with van der Waals surface area (Å²) in [6.07, 6.45) is 4.24. The zero-order valence-electron chi connectivity index (χ0n) is 29.1. The molecule has 1 N–H and O–H groups in total. The average molecular weight is 749 g/mol. The minimum Gasteiger partial charge on any atom is -0.489 e. The molecule has 16 nitrogen and oxygen atoms in total. The Kier molecular flexibility index (Phi) is 17.6. The zero-order chi connectivity index (χ0) is 37.2. The molecule has 0 aliphatic heterocycles. The van der Waals surface area contributed by atoms with E-state index >= 15 is 0 Å². The number of aromatic nitrogens is 3. The van der Waals surface area contributed by atoms with Crippen molar-refractivity contribution in [2.24, 2.45) is 12.2 Å². The molecule has 0 saturated carbocycles. The topological polar surface area (TPSA) is 186 Å². The number of nitrogens with zero attached hydrogens (tertiary/aromatic N) is 8. The smallest absolute Gasteiger partial charge is 0.278 e. The lowest BCUT2D eigenvalue weighted by Gasteiger charge is -2.26. The van der Waals surface area contributed by atoms with E-state index in [2.05, 4.69) is 25.4 Å². The van der Waals surface area contributed by atoms with Gasteiger partial charge in [-0.1, -0.05) is 52.6 Å². The Hall–Kier alpha value is -4.28. The number of rotatable bonds is 22. The van der Waals surface area contributed by atoms with E-state index in [0.717, 1.165) is 5.56 Å². The lowest BCUT2D eigenvalue weighted by Crippen LogP contribution is -2.49. The van der Waals surface area contributed by atoms with Crippen LogP contribution in [0.25, 0.3) is 21.6 Å². The van der Waals surface area contributed by atoms with Gasteiger partial charge in [-0.15, -0.1) is 0 Å². The summed E-state index contributed by atoms with van der Waals surface area (Å²) in [5, 5.41) is 10.4. The molecular weight excluding hydrogens is 705 g/mol. The maximum Gasteiger partial charge on any atom is 0.278 e. The lowest BCUT2D eigenvalue weighted by molar-refractivity contribution is -0.132. The van der Waals surface area contributed by atoms with Crippen LogP contribution in [0.3, 0.4) is 0 Å². The van der Waals surface area contributed by atoms with Crippen molar-refractivity contribution < 1.29 is 28.5 Å². The standard InChI is InChI=1S/C33H43Cl2N9O7/c1-42(2)10-11-43(3)32(46)27(40-31(45)30-25(34)20-37-21-26(30)35)19-23-5-7-24(8-6-23)29-28(22-39-44(4)33(29)47)51-18-17-50-16-15-49-14-13-48-12-9-38-41-36/h5-8,20-22,27H,9-19H2,1-4H3,(H,40,45)/t27-/m0/s1. The number of aryl methyl sites for hydroxylation is 1. The van der Waals surface area contributed by atoms with E-state index in [9.17, 15) is 14.4 Å². The summed E-state index contributed by atoms with van der Waals surface area (Å²) in [5.41, 5.74) is 9.53. The normalized spacial score (nSPS) is 11.6. The fourth-order valence-electron chi connectivity index (χ4n) is 4.63. The van der Waals surface area contributed by atoms with Gasteiger partial charge in [-0.05, 0) is 30.8 Å². The van der Waals surface area contributed by atoms with E-state index in [1.807, 2.05) is 19.0 Å². The van der Waals surface area contributed by atoms with Crippen LogP contribution >= 0.6 is 23.2 Å². The van der Waals surface area contributed by atoms with Crippen molar-refractivity contribution >= 4 is 35.0 Å². The van der Waals surface area contributed by atoms with Crippen LogP contribution in [0.2, 0.25) is 10.0 Å². The van der Waals surface area contributed by atoms with Crippen LogP contribution in [0.4, 0.5) is 0 Å². The monoisotopic (exact) mass is 747 g/mol. The number of nitrogens with one attached hydrogen (secondary N) is 1. The number of amides is 2. The number of hydrogen-bond donors (Lipinski definition) is 1. The Morgan fingerprint density at radius 3 is 2.16 bits per heavy atom. The minimum absolute atomic E-state index is 0.0269. The molecule has 3 rings (SSSR count). The van der Waals surface area contributed by atoms with E-state index in [0.29, 0.717) is 57.3 Å². The molecule has 1 atom stereocenters. The predicted molar refractivity (Wildman–Crippen MR) is 192 cm³/mol. The van der Waals surface area contributed by atoms with Gasteiger partial charge in [0.05, 0.1) is 67.0 Å². The Labute approximate surface area is 306 Å². The van der Waals surface area contributed by atoms with Crippen LogP contribution in [-0.4, -0.2) is 129 Å². The third-order valence-corrected chi connectivity index (χ3v) is 7.93. The second kappa shape index (κ2) is 21.8. The van der Waals surface area contributed by atoms with Gasteiger partial charge in [-0.3, -0.25) is 19.4 Å². The van der Waals surface area contributed by atoms with Gasteiger partial charge < -0.3 is 34.1 Å². The molecule has 0 aliphatic rings. The van der Waals surface area contributed by atoms with Gasteiger partial charge in [-0.2, -0.15) is 5.10 Å². The second-order valence-corrected chi connectivity index (χ2v) is 12.2. The molecule has 0 spiro atoms. The van der Waals surface area contributed by atoms with Gasteiger partial charge in [0.1, 0.15) is 12.6 Å². The highest BCUT2D eigenvalue weighted by Gasteiger charge is 2.27. The van der Waals surface area contributed by atoms with Crippen LogP contribution in [0.5, 0.6) is 5.75 Å². The quantitative estimate of drug-likeness (QED) is 0.0692. The van der Waals surface area contributed by atoms with E-state index in [1.165, 1.54) is 23.3 Å². The molecule has 2 heterocycles. The highest BCUT2D eigenvalue weighted by Crippen LogP contribution is 2.27. The van der Waals surface area contributed by atoms with Gasteiger partial charge in [0.25, 0.3) is 11.5 Å². The molecule has 0 aliphatic carbocycles. The van der Waals surface area contributed by atoms with Gasteiger partial charge in [0, 0.05) is 57.5 Å². The van der Waals surface area contributed by atoms with Crippen molar-refractivity contribution in [3.63, 3.8) is 0 Å². The number of likely N-dealkylation sites (N-methyl/N-ethyl adjacent to an activating group) is 2. The zero-order valence-corrected chi connectivity index (χ0v) is 30.6. The van der Waals surface area contributed by atoms with Crippen molar-refractivity contribution in [2.45, 2.75) is 12.5 Å². The predicted octanol–water partition coefficient (Wildman–Crippen LogP) is 3.25. The Morgan fingerprint density at radius 2 is 1.55 bits per heavy atom. The number of carbonyl (C=O) groups excluding carboxylic acids is 2. The molecular formula is C33H43Cl2N9O7. The number of benzene rings is 1. The third-order valence-electron chi connectivity index (χ3n) is 7.36. The molecule has 276 valence electrons. The minimum atomic E-state index is -0.947. The summed E-state index contributed by atoms with van der Waals surface area (Å²) in [5.74, 6) is -0.611. The van der Waals surface area contributed by atoms with E-state index in [4.69, 9.17) is 47.7 Å². The van der Waals surface area contributed by atoms with Gasteiger partial charge in [-0.25, -0.2) is 4.68 Å². The molecule has 0 fully saturated rings. The fourth-order valence-corrected chi connectivity index (χ4v) is 5.17. The molecule has 0 saturated heterocycles. The molecule has 1 aromatic carbocycles. The molecule has 0 bridgehead atoms. The highest BCUT2D eigenvalue weighted by molar-refractivity contribution is 6.39. The van der Waals surface area contributed by atoms with Crippen LogP contribution in [0, 0.1) is 0 Å². The van der Waals surface area contributed by atoms with E-state index in [-0.39, 0.29) is 59.0 Å². The maximum atomic E-state index is 13.6. The first-order valence-corrected chi connectivity index (χ1v) is 16.8. The summed E-state index contributed by atoms with van der Waals surface area (Å²) in [6.45, 7) is 3.55. The second-order valence-electron chi connectivity index (χ2n) is 11.4. The van der Waals surface area contributed by atoms with Crippen molar-refractivity contribution in [3.8, 4) is 16.9 Å². The summed E-state index contributed by atoms with van der Waals surface area (Å²) in [6, 6.07) is 6.13. The molecule has 0 radical (unpaired) electrons. The Morgan fingerprint density at radius 1 is 0.941 bits per heavy atom. The molecule has 0 unspecified atom stereocenters. The summed E-state index contributed by atoms with van der Waals surface area (Å²) in [7, 11) is 7.04. The molecule has 18 heteroatoms. The highest BCUT2D eigenvalue weighted by atomic mass is 35.5. The SMILES string of the molecule is CN(C)CCN(C)C(=O)[C@H](Cc1ccc(-c2c(OCCOCCOCCOCCN=[N+]=[N-])cnn(C)c2=O)cc1)NC(=O)c1c(Cl)cncc1Cl. The maximum absolute atomic E-state index is 13.6. The van der Waals surface area contributed by atoms with Crippen LogP contribution in [-0.2, 0) is 32.5 Å². The van der Waals surface area contributed by atoms with Gasteiger partial charge >= 0.3 is 0 Å². The first kappa shape index (κ1) is 41.1. The molecule has 2 aromatic heterocycles. The van der Waals surface area contributed by atoms with E-state index < -0.39 is 11.9 Å². The number of halogens is 2. The Bertz CT molecular complexity index is 1670. The van der Waals surface area contributed by atoms with Crippen molar-refractivity contribution in [1.82, 2.24) is 29.9 Å². The van der Waals surface area contributed by atoms with Crippen LogP contribution in [0.1, 0.15) is 15.9 Å². The summed E-state index contributed by atoms with van der Waals surface area (Å²) < 4.78 is 23.4. The lowest BCUT2D eigenvalue weighted by atomic mass is 10.00. The average Bonchev–Trinajstić information content (AvgIpc) is 3.10. The first-order valence-electron chi connectivity index (χ1n) is 16.1. The molecule has 2 amide bonds. The van der Waals surface area contributed by atoms with Crippen LogP contribution < -0.4 is 15.6 Å². The molecule has 51 heavy (non-hydrogen) atoms. The largest absolute Gasteiger partial charge is 0.489 e. The Balaban J connectivity index is 1.65. The van der Waals surface area contributed by atoms with Crippen molar-refractivity contribution in [1.29, 1.82) is 0 Å². The third kappa shape index (κ3) is 13.4.